The van der Waals surface area contributed by atoms with Gasteiger partial charge >= 0.3 is 5.97 Å². The molecule has 1 atom stereocenters. The molecule has 0 aromatic rings. The number of carboxylic acid groups (broad SMARTS) is 1. The first-order valence-electron chi connectivity index (χ1n) is 6.78. The molecular weight excluding hydrogens is 221 g/mol. The zero-order valence-corrected chi connectivity index (χ0v) is 10.3. The molecule has 2 aliphatic rings. The predicted molar refractivity (Wildman–Crippen MR) is 63.8 cm³/mol. The lowest BCUT2D eigenvalue weighted by molar-refractivity contribution is -0.155. The third kappa shape index (κ3) is 2.97. The SMILES string of the molecule is O=C(O)C1(F)CCCN(C2CCCCCC2)C1. The Morgan fingerprint density at radius 3 is 2.41 bits per heavy atom. The molecule has 0 aromatic heterocycles. The summed E-state index contributed by atoms with van der Waals surface area (Å²) in [6.45, 7) is 0.955. The van der Waals surface area contributed by atoms with E-state index in [1.807, 2.05) is 0 Å². The van der Waals surface area contributed by atoms with Gasteiger partial charge in [-0.15, -0.1) is 0 Å². The van der Waals surface area contributed by atoms with Crippen molar-refractivity contribution in [3.63, 3.8) is 0 Å². The first-order valence-corrected chi connectivity index (χ1v) is 6.78. The quantitative estimate of drug-likeness (QED) is 0.758. The first-order chi connectivity index (χ1) is 8.12. The molecule has 0 bridgehead atoms. The highest BCUT2D eigenvalue weighted by Gasteiger charge is 2.44. The molecule has 0 spiro atoms. The Hall–Kier alpha value is -0.640. The Labute approximate surface area is 102 Å². The van der Waals surface area contributed by atoms with Crippen LogP contribution in [-0.4, -0.2) is 40.8 Å². The van der Waals surface area contributed by atoms with Gasteiger partial charge in [-0.2, -0.15) is 0 Å². The topological polar surface area (TPSA) is 40.5 Å². The molecule has 0 aromatic carbocycles. The van der Waals surface area contributed by atoms with E-state index in [4.69, 9.17) is 5.11 Å². The summed E-state index contributed by atoms with van der Waals surface area (Å²) in [4.78, 5) is 13.1. The Morgan fingerprint density at radius 2 is 1.82 bits per heavy atom. The van der Waals surface area contributed by atoms with Crippen molar-refractivity contribution in [2.24, 2.45) is 0 Å². The maximum Gasteiger partial charge on any atom is 0.342 e. The average molecular weight is 243 g/mol. The molecule has 17 heavy (non-hydrogen) atoms. The van der Waals surface area contributed by atoms with Crippen LogP contribution in [0, 0.1) is 0 Å². The van der Waals surface area contributed by atoms with Crippen molar-refractivity contribution >= 4 is 5.97 Å². The van der Waals surface area contributed by atoms with E-state index in [-0.39, 0.29) is 13.0 Å². The van der Waals surface area contributed by atoms with Gasteiger partial charge < -0.3 is 5.11 Å². The summed E-state index contributed by atoms with van der Waals surface area (Å²) in [6.07, 6.45) is 7.99. The molecule has 1 heterocycles. The molecular formula is C13H22FNO2. The van der Waals surface area contributed by atoms with E-state index in [0.29, 0.717) is 12.5 Å². The third-order valence-electron chi connectivity index (χ3n) is 4.20. The molecule has 98 valence electrons. The number of hydrogen-bond donors (Lipinski definition) is 1. The number of rotatable bonds is 2. The van der Waals surface area contributed by atoms with Crippen LogP contribution >= 0.6 is 0 Å². The minimum atomic E-state index is -2.01. The minimum absolute atomic E-state index is 0.0903. The molecule has 1 aliphatic heterocycles. The molecule has 1 unspecified atom stereocenters. The van der Waals surface area contributed by atoms with E-state index < -0.39 is 11.6 Å². The lowest BCUT2D eigenvalue weighted by Crippen LogP contribution is -2.53. The monoisotopic (exact) mass is 243 g/mol. The number of aliphatic carboxylic acids is 1. The molecule has 3 nitrogen and oxygen atoms in total. The number of carbonyl (C=O) groups is 1. The largest absolute Gasteiger partial charge is 0.479 e. The number of halogens is 1. The van der Waals surface area contributed by atoms with E-state index in [9.17, 15) is 9.18 Å². The van der Waals surface area contributed by atoms with E-state index in [2.05, 4.69) is 4.90 Å². The molecule has 1 saturated heterocycles. The highest BCUT2D eigenvalue weighted by atomic mass is 19.1. The first kappa shape index (κ1) is 12.8. The molecule has 1 N–H and O–H groups in total. The summed E-state index contributed by atoms with van der Waals surface area (Å²) in [5.74, 6) is -1.28. The zero-order chi connectivity index (χ0) is 12.3. The molecule has 2 rings (SSSR count). The highest BCUT2D eigenvalue weighted by molar-refractivity contribution is 5.77. The Bertz CT molecular complexity index is 277. The van der Waals surface area contributed by atoms with Crippen LogP contribution in [0.4, 0.5) is 4.39 Å². The van der Waals surface area contributed by atoms with Crippen molar-refractivity contribution in [2.75, 3.05) is 13.1 Å². The van der Waals surface area contributed by atoms with Crippen LogP contribution < -0.4 is 0 Å². The van der Waals surface area contributed by atoms with Crippen molar-refractivity contribution in [3.05, 3.63) is 0 Å². The fourth-order valence-electron chi connectivity index (χ4n) is 3.15. The van der Waals surface area contributed by atoms with Gasteiger partial charge in [-0.05, 0) is 32.2 Å². The maximum absolute atomic E-state index is 14.2. The van der Waals surface area contributed by atoms with Crippen molar-refractivity contribution in [2.45, 2.75) is 63.1 Å². The number of carboxylic acids is 1. The van der Waals surface area contributed by atoms with Gasteiger partial charge in [-0.3, -0.25) is 4.90 Å². The van der Waals surface area contributed by atoms with E-state index >= 15 is 0 Å². The Morgan fingerprint density at radius 1 is 1.18 bits per heavy atom. The summed E-state index contributed by atoms with van der Waals surface area (Å²) >= 11 is 0. The Balaban J connectivity index is 1.98. The fourth-order valence-corrected chi connectivity index (χ4v) is 3.15. The summed E-state index contributed by atoms with van der Waals surface area (Å²) in [7, 11) is 0. The third-order valence-corrected chi connectivity index (χ3v) is 4.20. The lowest BCUT2D eigenvalue weighted by Gasteiger charge is -2.39. The molecule has 2 fully saturated rings. The highest BCUT2D eigenvalue weighted by Crippen LogP contribution is 2.30. The molecule has 4 heteroatoms. The van der Waals surface area contributed by atoms with Crippen LogP contribution in [0.5, 0.6) is 0 Å². The van der Waals surface area contributed by atoms with Crippen LogP contribution in [0.15, 0.2) is 0 Å². The van der Waals surface area contributed by atoms with Gasteiger partial charge in [0.05, 0.1) is 0 Å². The number of nitrogens with zero attached hydrogens (tertiary/aromatic N) is 1. The van der Waals surface area contributed by atoms with E-state index in [0.717, 1.165) is 19.4 Å². The van der Waals surface area contributed by atoms with Crippen molar-refractivity contribution in [1.29, 1.82) is 0 Å². The average Bonchev–Trinajstić information content (AvgIpc) is 2.57. The second kappa shape index (κ2) is 5.34. The second-order valence-corrected chi connectivity index (χ2v) is 5.49. The van der Waals surface area contributed by atoms with Gasteiger partial charge in [0, 0.05) is 12.6 Å². The number of likely N-dealkylation sites (tertiary alicyclic amines) is 1. The van der Waals surface area contributed by atoms with E-state index in [1.165, 1.54) is 25.7 Å². The van der Waals surface area contributed by atoms with Crippen LogP contribution in [0.25, 0.3) is 0 Å². The summed E-state index contributed by atoms with van der Waals surface area (Å²) in [5, 5.41) is 8.97. The standard InChI is InChI=1S/C13H22FNO2/c14-13(12(16)17)8-5-9-15(10-13)11-6-3-1-2-4-7-11/h11H,1-10H2,(H,16,17). The second-order valence-electron chi connectivity index (χ2n) is 5.49. The normalized spacial score (nSPS) is 33.2. The predicted octanol–water partition coefficient (Wildman–Crippen LogP) is 2.60. The van der Waals surface area contributed by atoms with Gasteiger partial charge in [0.2, 0.25) is 5.67 Å². The summed E-state index contributed by atoms with van der Waals surface area (Å²) < 4.78 is 14.2. The van der Waals surface area contributed by atoms with Crippen LogP contribution in [0.3, 0.4) is 0 Å². The van der Waals surface area contributed by atoms with Gasteiger partial charge in [0.25, 0.3) is 0 Å². The smallest absolute Gasteiger partial charge is 0.342 e. The molecule has 0 amide bonds. The maximum atomic E-state index is 14.2. The molecule has 0 radical (unpaired) electrons. The van der Waals surface area contributed by atoms with Crippen LogP contribution in [0.2, 0.25) is 0 Å². The van der Waals surface area contributed by atoms with Gasteiger partial charge in [-0.1, -0.05) is 25.7 Å². The zero-order valence-electron chi connectivity index (χ0n) is 10.3. The number of alkyl halides is 1. The fraction of sp³-hybridized carbons (Fsp3) is 0.923. The summed E-state index contributed by atoms with van der Waals surface area (Å²) in [5.41, 5.74) is -2.01. The Kier molecular flexibility index (Phi) is 4.02. The van der Waals surface area contributed by atoms with E-state index in [1.54, 1.807) is 0 Å². The molecule has 1 saturated carbocycles. The molecule has 1 aliphatic carbocycles. The number of hydrogen-bond acceptors (Lipinski definition) is 2. The van der Waals surface area contributed by atoms with Gasteiger partial charge in [0.1, 0.15) is 0 Å². The summed E-state index contributed by atoms with van der Waals surface area (Å²) in [6, 6.07) is 0.410. The van der Waals surface area contributed by atoms with Gasteiger partial charge in [0.15, 0.2) is 0 Å². The van der Waals surface area contributed by atoms with Crippen LogP contribution in [-0.2, 0) is 4.79 Å². The number of piperidine rings is 1. The van der Waals surface area contributed by atoms with Crippen molar-refractivity contribution < 1.29 is 14.3 Å². The van der Waals surface area contributed by atoms with Gasteiger partial charge in [-0.25, -0.2) is 9.18 Å². The minimum Gasteiger partial charge on any atom is -0.479 e. The lowest BCUT2D eigenvalue weighted by atomic mass is 9.92. The van der Waals surface area contributed by atoms with Crippen molar-refractivity contribution in [3.8, 4) is 0 Å². The van der Waals surface area contributed by atoms with Crippen molar-refractivity contribution in [1.82, 2.24) is 4.90 Å². The van der Waals surface area contributed by atoms with Crippen LogP contribution in [0.1, 0.15) is 51.4 Å².